The maximum atomic E-state index is 13.0. The number of hydrogen-bond donors (Lipinski definition) is 0. The average Bonchev–Trinajstić information content (AvgIpc) is 3.78. The van der Waals surface area contributed by atoms with E-state index in [1.807, 2.05) is 11.0 Å². The Hall–Kier alpha value is -3.16. The van der Waals surface area contributed by atoms with E-state index in [2.05, 4.69) is 22.1 Å². The summed E-state index contributed by atoms with van der Waals surface area (Å²) in [4.78, 5) is 42.1. The molecule has 33 heavy (non-hydrogen) atoms. The number of carbonyl (C=O) groups excluding carboxylic acids is 2. The zero-order valence-corrected chi connectivity index (χ0v) is 19.1. The Morgan fingerprint density at radius 1 is 0.909 bits per heavy atom. The van der Waals surface area contributed by atoms with Crippen LogP contribution in [0, 0.1) is 0 Å². The topological polar surface area (TPSA) is 72.9 Å². The van der Waals surface area contributed by atoms with Crippen LogP contribution in [0.5, 0.6) is 0 Å². The first kappa shape index (κ1) is 20.4. The van der Waals surface area contributed by atoms with E-state index in [1.165, 1.54) is 36.8 Å². The van der Waals surface area contributed by atoms with E-state index >= 15 is 0 Å². The second-order valence-corrected chi connectivity index (χ2v) is 9.77. The quantitative estimate of drug-likeness (QED) is 0.706. The van der Waals surface area contributed by atoms with E-state index in [-0.39, 0.29) is 11.9 Å². The minimum absolute atomic E-state index is 0.0312. The van der Waals surface area contributed by atoms with E-state index in [0.29, 0.717) is 37.8 Å². The number of urea groups is 1. The minimum atomic E-state index is -0.0504. The van der Waals surface area contributed by atoms with Gasteiger partial charge < -0.3 is 14.7 Å². The number of amides is 3. The fourth-order valence-electron chi connectivity index (χ4n) is 4.93. The Bertz CT molecular complexity index is 1070. The molecule has 0 bridgehead atoms. The number of likely N-dealkylation sites (N-methyl/N-ethyl adjacent to an activating group) is 1. The molecular weight excluding hydrogens is 416 g/mol. The van der Waals surface area contributed by atoms with E-state index < -0.39 is 0 Å². The van der Waals surface area contributed by atoms with Gasteiger partial charge in [0.1, 0.15) is 11.5 Å². The van der Waals surface area contributed by atoms with Crippen LogP contribution in [0.15, 0.2) is 30.6 Å². The molecule has 8 nitrogen and oxygen atoms in total. The standard InChI is InChI=1S/C25H30N6O2/c1-28-8-13-31(25(28)33)20-6-7-22(26-16-20)24(32)30-11-9-29(10-12-30)23-21(18-4-5-18)14-19(15-27-23)17-2-3-17/h6-7,14-18H,2-5,8-13H2,1H3. The summed E-state index contributed by atoms with van der Waals surface area (Å²) in [5, 5.41) is 0. The molecule has 0 atom stereocenters. The van der Waals surface area contributed by atoms with Crippen molar-refractivity contribution < 1.29 is 9.59 Å². The van der Waals surface area contributed by atoms with Crippen LogP contribution >= 0.6 is 0 Å². The summed E-state index contributed by atoms with van der Waals surface area (Å²) in [6.07, 6.45) is 8.83. The molecule has 2 aromatic rings. The highest BCUT2D eigenvalue weighted by Crippen LogP contribution is 2.47. The number of hydrogen-bond acceptors (Lipinski definition) is 5. The van der Waals surface area contributed by atoms with E-state index in [9.17, 15) is 9.59 Å². The molecule has 8 heteroatoms. The molecule has 4 aliphatic rings. The summed E-state index contributed by atoms with van der Waals surface area (Å²) in [5.74, 6) is 2.46. The highest BCUT2D eigenvalue weighted by Gasteiger charge is 2.33. The van der Waals surface area contributed by atoms with Gasteiger partial charge in [-0.1, -0.05) is 6.07 Å². The minimum Gasteiger partial charge on any atom is -0.353 e. The summed E-state index contributed by atoms with van der Waals surface area (Å²) < 4.78 is 0. The van der Waals surface area contributed by atoms with E-state index in [0.717, 1.165) is 30.5 Å². The molecule has 4 heterocycles. The van der Waals surface area contributed by atoms with Gasteiger partial charge >= 0.3 is 6.03 Å². The van der Waals surface area contributed by atoms with Crippen molar-refractivity contribution in [3.63, 3.8) is 0 Å². The van der Waals surface area contributed by atoms with Gasteiger partial charge in [-0.3, -0.25) is 9.69 Å². The molecule has 3 amide bonds. The smallest absolute Gasteiger partial charge is 0.324 e. The monoisotopic (exact) mass is 446 g/mol. The predicted molar refractivity (Wildman–Crippen MR) is 126 cm³/mol. The number of carbonyl (C=O) groups is 2. The number of aromatic nitrogens is 2. The molecule has 2 aliphatic carbocycles. The Kier molecular flexibility index (Phi) is 4.96. The molecule has 172 valence electrons. The van der Waals surface area contributed by atoms with Crippen molar-refractivity contribution in [3.05, 3.63) is 47.4 Å². The van der Waals surface area contributed by atoms with Crippen molar-refractivity contribution in [1.29, 1.82) is 0 Å². The highest BCUT2D eigenvalue weighted by atomic mass is 16.2. The molecule has 2 saturated heterocycles. The van der Waals surface area contributed by atoms with Crippen molar-refractivity contribution >= 4 is 23.4 Å². The van der Waals surface area contributed by atoms with Gasteiger partial charge in [-0.15, -0.1) is 0 Å². The zero-order valence-electron chi connectivity index (χ0n) is 19.1. The van der Waals surface area contributed by atoms with Gasteiger partial charge in [0, 0.05) is 52.5 Å². The van der Waals surface area contributed by atoms with Gasteiger partial charge in [-0.05, 0) is 60.8 Å². The summed E-state index contributed by atoms with van der Waals surface area (Å²) in [6.45, 7) is 4.23. The van der Waals surface area contributed by atoms with Gasteiger partial charge in [-0.25, -0.2) is 14.8 Å². The molecule has 0 N–H and O–H groups in total. The molecule has 0 radical (unpaired) electrons. The van der Waals surface area contributed by atoms with E-state index in [4.69, 9.17) is 4.98 Å². The second kappa shape index (κ2) is 8.01. The third kappa shape index (κ3) is 3.92. The highest BCUT2D eigenvalue weighted by molar-refractivity contribution is 5.95. The van der Waals surface area contributed by atoms with Gasteiger partial charge in [0.2, 0.25) is 0 Å². The SMILES string of the molecule is CN1CCN(c2ccc(C(=O)N3CCN(c4ncc(C5CC5)cc4C4CC4)CC3)nc2)C1=O. The van der Waals surface area contributed by atoms with Crippen LogP contribution in [0.25, 0.3) is 0 Å². The van der Waals surface area contributed by atoms with Crippen LogP contribution in [0.4, 0.5) is 16.3 Å². The van der Waals surface area contributed by atoms with Crippen molar-refractivity contribution in [1.82, 2.24) is 19.8 Å². The maximum absolute atomic E-state index is 13.0. The molecule has 4 fully saturated rings. The lowest BCUT2D eigenvalue weighted by atomic mass is 10.1. The second-order valence-electron chi connectivity index (χ2n) is 9.77. The van der Waals surface area contributed by atoms with Gasteiger partial charge in [-0.2, -0.15) is 0 Å². The Labute approximate surface area is 194 Å². The molecule has 0 spiro atoms. The lowest BCUT2D eigenvalue weighted by Gasteiger charge is -2.36. The van der Waals surface area contributed by atoms with Crippen molar-refractivity contribution in [2.24, 2.45) is 0 Å². The third-order valence-electron chi connectivity index (χ3n) is 7.34. The molecular formula is C25H30N6O2. The van der Waals surface area contributed by atoms with Gasteiger partial charge in [0.25, 0.3) is 5.91 Å². The normalized spacial score (nSPS) is 21.2. The van der Waals surface area contributed by atoms with Crippen LogP contribution in [0.1, 0.15) is 59.1 Å². The molecule has 2 aromatic heterocycles. The number of piperazine rings is 1. The fraction of sp³-hybridized carbons (Fsp3) is 0.520. The van der Waals surface area contributed by atoms with Gasteiger partial charge in [0.05, 0.1) is 11.9 Å². The number of rotatable bonds is 5. The Balaban J connectivity index is 1.11. The van der Waals surface area contributed by atoms with Crippen LogP contribution < -0.4 is 9.80 Å². The first-order valence-electron chi connectivity index (χ1n) is 12.1. The van der Waals surface area contributed by atoms with Crippen LogP contribution in [0.2, 0.25) is 0 Å². The Morgan fingerprint density at radius 3 is 2.27 bits per heavy atom. The lowest BCUT2D eigenvalue weighted by molar-refractivity contribution is 0.0740. The van der Waals surface area contributed by atoms with Crippen molar-refractivity contribution in [2.45, 2.75) is 37.5 Å². The van der Waals surface area contributed by atoms with Gasteiger partial charge in [0.15, 0.2) is 0 Å². The fourth-order valence-corrected chi connectivity index (χ4v) is 4.93. The molecule has 0 unspecified atom stereocenters. The molecule has 6 rings (SSSR count). The first-order chi connectivity index (χ1) is 16.1. The average molecular weight is 447 g/mol. The predicted octanol–water partition coefficient (Wildman–Crippen LogP) is 3.07. The molecule has 2 saturated carbocycles. The summed E-state index contributed by atoms with van der Waals surface area (Å²) in [6, 6.07) is 5.93. The molecule has 2 aliphatic heterocycles. The third-order valence-corrected chi connectivity index (χ3v) is 7.34. The maximum Gasteiger partial charge on any atom is 0.324 e. The lowest BCUT2D eigenvalue weighted by Crippen LogP contribution is -2.49. The summed E-state index contributed by atoms with van der Waals surface area (Å²) in [5.41, 5.74) is 3.99. The Morgan fingerprint density at radius 2 is 1.67 bits per heavy atom. The van der Waals surface area contributed by atoms with Crippen LogP contribution in [-0.2, 0) is 0 Å². The number of pyridine rings is 2. The van der Waals surface area contributed by atoms with Crippen molar-refractivity contribution in [2.75, 3.05) is 56.1 Å². The largest absolute Gasteiger partial charge is 0.353 e. The first-order valence-corrected chi connectivity index (χ1v) is 12.1. The van der Waals surface area contributed by atoms with Crippen LogP contribution in [0.3, 0.4) is 0 Å². The van der Waals surface area contributed by atoms with E-state index in [1.54, 1.807) is 29.1 Å². The van der Waals surface area contributed by atoms with Crippen LogP contribution in [-0.4, -0.2) is 78.0 Å². The molecule has 0 aromatic carbocycles. The summed E-state index contributed by atoms with van der Waals surface area (Å²) in [7, 11) is 1.79. The zero-order chi connectivity index (χ0) is 22.5. The summed E-state index contributed by atoms with van der Waals surface area (Å²) >= 11 is 0. The number of nitrogens with zero attached hydrogens (tertiary/aromatic N) is 6. The van der Waals surface area contributed by atoms with Crippen molar-refractivity contribution in [3.8, 4) is 0 Å². The number of anilines is 2.